The largest absolute Gasteiger partial charge is 0.394 e. The van der Waals surface area contributed by atoms with Crippen LogP contribution in [0.2, 0.25) is 0 Å². The molecule has 2 aromatic rings. The zero-order valence-electron chi connectivity index (χ0n) is 15.7. The van der Waals surface area contributed by atoms with Crippen molar-refractivity contribution in [3.63, 3.8) is 0 Å². The van der Waals surface area contributed by atoms with Crippen LogP contribution in [0.1, 0.15) is 54.8 Å². The fourth-order valence-corrected chi connectivity index (χ4v) is 3.70. The molecular formula is C23H27NO3. The summed E-state index contributed by atoms with van der Waals surface area (Å²) in [6.07, 6.45) is 3.50. The molecule has 1 aliphatic carbocycles. The van der Waals surface area contributed by atoms with Crippen LogP contribution in [0.4, 0.5) is 0 Å². The van der Waals surface area contributed by atoms with Crippen LogP contribution in [0.3, 0.4) is 0 Å². The maximum atomic E-state index is 12.6. The van der Waals surface area contributed by atoms with Gasteiger partial charge in [0, 0.05) is 12.3 Å². The average Bonchev–Trinajstić information content (AvgIpc) is 3.11. The van der Waals surface area contributed by atoms with Gasteiger partial charge >= 0.3 is 0 Å². The summed E-state index contributed by atoms with van der Waals surface area (Å²) >= 11 is 0. The summed E-state index contributed by atoms with van der Waals surface area (Å²) in [6, 6.07) is 17.0. The van der Waals surface area contributed by atoms with E-state index in [4.69, 9.17) is 0 Å². The molecule has 1 fully saturated rings. The van der Waals surface area contributed by atoms with E-state index < -0.39 is 6.04 Å². The summed E-state index contributed by atoms with van der Waals surface area (Å²) < 4.78 is 0. The van der Waals surface area contributed by atoms with Crippen molar-refractivity contribution in [3.8, 4) is 0 Å². The van der Waals surface area contributed by atoms with E-state index in [-0.39, 0.29) is 24.3 Å². The molecule has 1 amide bonds. The Kier molecular flexibility index (Phi) is 6.40. The summed E-state index contributed by atoms with van der Waals surface area (Å²) in [5.41, 5.74) is 2.96. The molecule has 0 aliphatic heterocycles. The van der Waals surface area contributed by atoms with Gasteiger partial charge in [-0.15, -0.1) is 0 Å². The van der Waals surface area contributed by atoms with Crippen molar-refractivity contribution < 1.29 is 14.7 Å². The second-order valence-electron chi connectivity index (χ2n) is 7.38. The fourth-order valence-electron chi connectivity index (χ4n) is 3.70. The Bertz CT molecular complexity index is 770. The first-order valence-electron chi connectivity index (χ1n) is 9.66. The second kappa shape index (κ2) is 8.96. The van der Waals surface area contributed by atoms with Crippen molar-refractivity contribution in [2.24, 2.45) is 5.92 Å². The highest BCUT2D eigenvalue weighted by Crippen LogP contribution is 2.26. The number of aliphatic hydroxyl groups is 1. The van der Waals surface area contributed by atoms with Crippen molar-refractivity contribution in [3.05, 3.63) is 71.3 Å². The quantitative estimate of drug-likeness (QED) is 0.788. The summed E-state index contributed by atoms with van der Waals surface area (Å²) in [5.74, 6) is 0.108. The molecule has 0 radical (unpaired) electrons. The van der Waals surface area contributed by atoms with E-state index in [9.17, 15) is 14.7 Å². The van der Waals surface area contributed by atoms with Gasteiger partial charge < -0.3 is 10.4 Å². The van der Waals surface area contributed by atoms with Crippen LogP contribution in [0.25, 0.3) is 0 Å². The zero-order chi connectivity index (χ0) is 19.2. The Morgan fingerprint density at radius 1 is 1.11 bits per heavy atom. The van der Waals surface area contributed by atoms with Crippen LogP contribution < -0.4 is 5.32 Å². The minimum absolute atomic E-state index is 0.114. The number of hydrogen-bond donors (Lipinski definition) is 2. The maximum absolute atomic E-state index is 12.6. The SMILES string of the molecule is C[C@@H](C(=O)N[C@H](CO)c1ccccc1)c1ccc(C[C@@H]2CCCC2=O)cc1. The Labute approximate surface area is 160 Å². The zero-order valence-corrected chi connectivity index (χ0v) is 15.7. The monoisotopic (exact) mass is 365 g/mol. The minimum atomic E-state index is -0.409. The fraction of sp³-hybridized carbons (Fsp3) is 0.391. The van der Waals surface area contributed by atoms with Crippen LogP contribution in [0, 0.1) is 5.92 Å². The number of aliphatic hydroxyl groups excluding tert-OH is 1. The number of nitrogens with one attached hydrogen (secondary N) is 1. The Hall–Kier alpha value is -2.46. The van der Waals surface area contributed by atoms with Gasteiger partial charge in [0.2, 0.25) is 5.91 Å². The third-order valence-electron chi connectivity index (χ3n) is 5.49. The van der Waals surface area contributed by atoms with Gasteiger partial charge in [-0.3, -0.25) is 9.59 Å². The van der Waals surface area contributed by atoms with Crippen LogP contribution >= 0.6 is 0 Å². The van der Waals surface area contributed by atoms with Gasteiger partial charge in [0.25, 0.3) is 0 Å². The highest BCUT2D eigenvalue weighted by atomic mass is 16.3. The molecule has 2 aromatic carbocycles. The van der Waals surface area contributed by atoms with Crippen LogP contribution in [0.15, 0.2) is 54.6 Å². The van der Waals surface area contributed by atoms with E-state index in [0.29, 0.717) is 12.2 Å². The molecule has 142 valence electrons. The first-order valence-corrected chi connectivity index (χ1v) is 9.66. The Morgan fingerprint density at radius 3 is 2.41 bits per heavy atom. The Balaban J connectivity index is 1.61. The van der Waals surface area contributed by atoms with E-state index in [0.717, 1.165) is 36.0 Å². The molecule has 0 aromatic heterocycles. The lowest BCUT2D eigenvalue weighted by Crippen LogP contribution is -2.33. The predicted molar refractivity (Wildman–Crippen MR) is 105 cm³/mol. The number of rotatable bonds is 7. The van der Waals surface area contributed by atoms with E-state index in [2.05, 4.69) is 5.32 Å². The molecule has 3 rings (SSSR count). The highest BCUT2D eigenvalue weighted by Gasteiger charge is 2.24. The lowest BCUT2D eigenvalue weighted by molar-refractivity contribution is -0.123. The maximum Gasteiger partial charge on any atom is 0.227 e. The van der Waals surface area contributed by atoms with Gasteiger partial charge in [0.15, 0.2) is 0 Å². The molecular weight excluding hydrogens is 338 g/mol. The van der Waals surface area contributed by atoms with Crippen molar-refractivity contribution >= 4 is 11.7 Å². The molecule has 2 N–H and O–H groups in total. The molecule has 4 heteroatoms. The lowest BCUT2D eigenvalue weighted by atomic mass is 9.93. The topological polar surface area (TPSA) is 66.4 Å². The van der Waals surface area contributed by atoms with Gasteiger partial charge in [-0.2, -0.15) is 0 Å². The van der Waals surface area contributed by atoms with Crippen molar-refractivity contribution in [2.75, 3.05) is 6.61 Å². The van der Waals surface area contributed by atoms with Gasteiger partial charge in [-0.25, -0.2) is 0 Å². The molecule has 1 saturated carbocycles. The molecule has 0 spiro atoms. The van der Waals surface area contributed by atoms with Crippen molar-refractivity contribution in [2.45, 2.75) is 44.6 Å². The van der Waals surface area contributed by atoms with Gasteiger partial charge in [-0.1, -0.05) is 54.6 Å². The predicted octanol–water partition coefficient (Wildman–Crippen LogP) is 3.55. The number of Topliss-reactive ketones (excluding diaryl/α,β-unsaturated/α-hetero) is 1. The number of hydrogen-bond acceptors (Lipinski definition) is 3. The number of amides is 1. The van der Waals surface area contributed by atoms with E-state index in [1.807, 2.05) is 61.5 Å². The summed E-state index contributed by atoms with van der Waals surface area (Å²) in [6.45, 7) is 1.72. The normalized spacial score (nSPS) is 18.9. The van der Waals surface area contributed by atoms with E-state index in [1.54, 1.807) is 0 Å². The van der Waals surface area contributed by atoms with E-state index in [1.165, 1.54) is 0 Å². The third-order valence-corrected chi connectivity index (χ3v) is 5.49. The van der Waals surface area contributed by atoms with Crippen molar-refractivity contribution in [1.82, 2.24) is 5.32 Å². The molecule has 4 nitrogen and oxygen atoms in total. The lowest BCUT2D eigenvalue weighted by Gasteiger charge is -2.20. The van der Waals surface area contributed by atoms with Crippen LogP contribution in [0.5, 0.6) is 0 Å². The van der Waals surface area contributed by atoms with Gasteiger partial charge in [-0.05, 0) is 42.9 Å². The number of carbonyl (C=O) groups excluding carboxylic acids is 2. The molecule has 27 heavy (non-hydrogen) atoms. The number of ketones is 1. The first kappa shape index (κ1) is 19.3. The smallest absolute Gasteiger partial charge is 0.227 e. The minimum Gasteiger partial charge on any atom is -0.394 e. The van der Waals surface area contributed by atoms with Crippen LogP contribution in [-0.4, -0.2) is 23.4 Å². The third kappa shape index (κ3) is 4.83. The summed E-state index contributed by atoms with van der Waals surface area (Å²) in [7, 11) is 0. The number of carbonyl (C=O) groups is 2. The molecule has 0 unspecified atom stereocenters. The molecule has 0 heterocycles. The molecule has 3 atom stereocenters. The highest BCUT2D eigenvalue weighted by molar-refractivity contribution is 5.84. The number of benzene rings is 2. The molecule has 0 bridgehead atoms. The van der Waals surface area contributed by atoms with E-state index >= 15 is 0 Å². The average molecular weight is 365 g/mol. The van der Waals surface area contributed by atoms with Crippen LogP contribution in [-0.2, 0) is 16.0 Å². The van der Waals surface area contributed by atoms with Gasteiger partial charge in [0.1, 0.15) is 5.78 Å². The summed E-state index contributed by atoms with van der Waals surface area (Å²) in [4.78, 5) is 24.4. The second-order valence-corrected chi connectivity index (χ2v) is 7.38. The van der Waals surface area contributed by atoms with Crippen molar-refractivity contribution in [1.29, 1.82) is 0 Å². The molecule has 1 aliphatic rings. The Morgan fingerprint density at radius 2 is 1.81 bits per heavy atom. The van der Waals surface area contributed by atoms with Gasteiger partial charge in [0.05, 0.1) is 18.6 Å². The summed E-state index contributed by atoms with van der Waals surface area (Å²) in [5, 5.41) is 12.6. The standard InChI is InChI=1S/C23H27NO3/c1-16(23(27)24-21(15-25)19-6-3-2-4-7-19)18-12-10-17(11-13-18)14-20-8-5-9-22(20)26/h2-4,6-7,10-13,16,20-21,25H,5,8-9,14-15H2,1H3,(H,24,27)/t16-,20+,21-/m1/s1. The molecule has 0 saturated heterocycles. The first-order chi connectivity index (χ1) is 13.1.